The lowest BCUT2D eigenvalue weighted by Gasteiger charge is -2.06. The Morgan fingerprint density at radius 2 is 1.63 bits per heavy atom. The Hall–Kier alpha value is -3.38. The topological polar surface area (TPSA) is 82.8 Å². The molecule has 7 heteroatoms. The molecule has 0 aliphatic heterocycles. The number of ether oxygens (including phenoxy) is 2. The fraction of sp³-hybridized carbons (Fsp3) is 0.0500. The van der Waals surface area contributed by atoms with E-state index in [0.29, 0.717) is 5.56 Å². The van der Waals surface area contributed by atoms with Crippen LogP contribution in [0.4, 0.5) is 0 Å². The van der Waals surface area contributed by atoms with Crippen LogP contribution in [0.1, 0.15) is 31.3 Å². The zero-order valence-electron chi connectivity index (χ0n) is 13.9. The van der Waals surface area contributed by atoms with E-state index in [4.69, 9.17) is 25.5 Å². The summed E-state index contributed by atoms with van der Waals surface area (Å²) in [6.45, 7) is -0.435. The summed E-state index contributed by atoms with van der Waals surface area (Å²) in [4.78, 5) is 35.9. The van der Waals surface area contributed by atoms with E-state index in [-0.39, 0.29) is 22.1 Å². The number of esters is 2. The van der Waals surface area contributed by atoms with Gasteiger partial charge in [-0.2, -0.15) is 0 Å². The molecule has 0 saturated heterocycles. The van der Waals surface area contributed by atoms with Crippen LogP contribution in [0.15, 0.2) is 71.3 Å². The van der Waals surface area contributed by atoms with Crippen molar-refractivity contribution in [2.24, 2.45) is 0 Å². The maximum atomic E-state index is 12.2. The average molecular weight is 385 g/mol. The maximum Gasteiger partial charge on any atom is 0.379 e. The molecule has 0 aliphatic rings. The van der Waals surface area contributed by atoms with Crippen LogP contribution in [0.2, 0.25) is 5.02 Å². The van der Waals surface area contributed by atoms with Crippen molar-refractivity contribution in [1.29, 1.82) is 0 Å². The maximum absolute atomic E-state index is 12.2. The number of Topliss-reactive ketones (excluding diaryl/α,β-unsaturated/α-hetero) is 1. The van der Waals surface area contributed by atoms with Gasteiger partial charge in [0.05, 0.1) is 16.8 Å². The lowest BCUT2D eigenvalue weighted by atomic mass is 10.1. The molecular weight excluding hydrogens is 372 g/mol. The summed E-state index contributed by atoms with van der Waals surface area (Å²) in [5.74, 6) is -1.41. The molecule has 0 N–H and O–H groups in total. The highest BCUT2D eigenvalue weighted by atomic mass is 35.5. The highest BCUT2D eigenvalue weighted by Gasteiger charge is 2.15. The summed E-state index contributed by atoms with van der Waals surface area (Å²) < 4.78 is 15.1. The number of hydrogen-bond donors (Lipinski definition) is 0. The molecule has 1 aromatic heterocycles. The third kappa shape index (κ3) is 4.62. The Balaban J connectivity index is 1.57. The normalized spacial score (nSPS) is 10.3. The number of rotatable bonds is 6. The van der Waals surface area contributed by atoms with E-state index in [0.717, 1.165) is 0 Å². The standard InChI is InChI=1S/C20H13ClO6/c21-16-5-2-1-4-15(16)19(23)26-12-17(22)13-7-9-14(10-8-13)27-20(24)18-6-3-11-25-18/h1-11H,12H2. The summed E-state index contributed by atoms with van der Waals surface area (Å²) in [5.41, 5.74) is 0.493. The highest BCUT2D eigenvalue weighted by molar-refractivity contribution is 6.33. The summed E-state index contributed by atoms with van der Waals surface area (Å²) in [6, 6.07) is 15.3. The predicted molar refractivity (Wildman–Crippen MR) is 96.2 cm³/mol. The van der Waals surface area contributed by atoms with Gasteiger partial charge in [-0.05, 0) is 48.5 Å². The van der Waals surface area contributed by atoms with Gasteiger partial charge < -0.3 is 13.9 Å². The van der Waals surface area contributed by atoms with Crippen molar-refractivity contribution in [3.63, 3.8) is 0 Å². The zero-order valence-corrected chi connectivity index (χ0v) is 14.6. The summed E-state index contributed by atoms with van der Waals surface area (Å²) >= 11 is 5.91. The van der Waals surface area contributed by atoms with Crippen molar-refractivity contribution >= 4 is 29.3 Å². The monoisotopic (exact) mass is 384 g/mol. The highest BCUT2D eigenvalue weighted by Crippen LogP contribution is 2.17. The fourth-order valence-electron chi connectivity index (χ4n) is 2.18. The predicted octanol–water partition coefficient (Wildman–Crippen LogP) is 4.19. The molecule has 0 spiro atoms. The van der Waals surface area contributed by atoms with E-state index in [1.807, 2.05) is 0 Å². The number of ketones is 1. The molecule has 0 fully saturated rings. The largest absolute Gasteiger partial charge is 0.457 e. The molecule has 6 nitrogen and oxygen atoms in total. The van der Waals surface area contributed by atoms with Gasteiger partial charge in [0.25, 0.3) is 0 Å². The molecule has 1 heterocycles. The van der Waals surface area contributed by atoms with Crippen molar-refractivity contribution in [1.82, 2.24) is 0 Å². The minimum Gasteiger partial charge on any atom is -0.457 e. The Morgan fingerprint density at radius 1 is 0.889 bits per heavy atom. The molecule has 2 aromatic carbocycles. The van der Waals surface area contributed by atoms with Crippen LogP contribution >= 0.6 is 11.6 Å². The molecule has 27 heavy (non-hydrogen) atoms. The lowest BCUT2D eigenvalue weighted by Crippen LogP contribution is -2.14. The van der Waals surface area contributed by atoms with E-state index in [9.17, 15) is 14.4 Å². The fourth-order valence-corrected chi connectivity index (χ4v) is 2.39. The van der Waals surface area contributed by atoms with Gasteiger partial charge in [0.1, 0.15) is 5.75 Å². The van der Waals surface area contributed by atoms with E-state index in [1.54, 1.807) is 24.3 Å². The van der Waals surface area contributed by atoms with E-state index >= 15 is 0 Å². The molecule has 0 atom stereocenters. The molecule has 0 amide bonds. The second-order valence-electron chi connectivity index (χ2n) is 5.37. The molecule has 136 valence electrons. The van der Waals surface area contributed by atoms with Crippen LogP contribution in [-0.4, -0.2) is 24.3 Å². The quantitative estimate of drug-likeness (QED) is 0.360. The first-order valence-electron chi connectivity index (χ1n) is 7.85. The van der Waals surface area contributed by atoms with Crippen molar-refractivity contribution in [2.45, 2.75) is 0 Å². The van der Waals surface area contributed by atoms with Crippen LogP contribution in [0.3, 0.4) is 0 Å². The number of hydrogen-bond acceptors (Lipinski definition) is 6. The van der Waals surface area contributed by atoms with Gasteiger partial charge in [-0.1, -0.05) is 23.7 Å². The van der Waals surface area contributed by atoms with Crippen LogP contribution in [0.25, 0.3) is 0 Å². The summed E-state index contributed by atoms with van der Waals surface area (Å²) in [6.07, 6.45) is 1.36. The second-order valence-corrected chi connectivity index (χ2v) is 5.78. The minimum absolute atomic E-state index is 0.0710. The van der Waals surface area contributed by atoms with Crippen LogP contribution in [-0.2, 0) is 4.74 Å². The number of benzene rings is 2. The zero-order chi connectivity index (χ0) is 19.2. The van der Waals surface area contributed by atoms with Gasteiger partial charge in [0.15, 0.2) is 12.4 Å². The first-order valence-corrected chi connectivity index (χ1v) is 8.23. The van der Waals surface area contributed by atoms with Gasteiger partial charge in [0, 0.05) is 5.56 Å². The van der Waals surface area contributed by atoms with Gasteiger partial charge >= 0.3 is 11.9 Å². The van der Waals surface area contributed by atoms with E-state index < -0.39 is 24.3 Å². The molecule has 0 unspecified atom stereocenters. The van der Waals surface area contributed by atoms with E-state index in [1.165, 1.54) is 42.7 Å². The molecular formula is C20H13ClO6. The third-order valence-corrected chi connectivity index (χ3v) is 3.87. The first kappa shape index (κ1) is 18.4. The molecule has 0 saturated carbocycles. The van der Waals surface area contributed by atoms with Crippen molar-refractivity contribution < 1.29 is 28.3 Å². The number of carbonyl (C=O) groups is 3. The van der Waals surface area contributed by atoms with Crippen LogP contribution in [0.5, 0.6) is 5.75 Å². The molecule has 0 aliphatic carbocycles. The average Bonchev–Trinajstić information content (AvgIpc) is 3.22. The SMILES string of the molecule is O=C(COC(=O)c1ccccc1Cl)c1ccc(OC(=O)c2ccco2)cc1. The van der Waals surface area contributed by atoms with Gasteiger partial charge in [-0.15, -0.1) is 0 Å². The minimum atomic E-state index is -0.682. The Kier molecular flexibility index (Phi) is 5.68. The number of halogens is 1. The Bertz CT molecular complexity index is 960. The van der Waals surface area contributed by atoms with Gasteiger partial charge in [0.2, 0.25) is 5.76 Å². The van der Waals surface area contributed by atoms with Gasteiger partial charge in [-0.25, -0.2) is 9.59 Å². The summed E-state index contributed by atoms with van der Waals surface area (Å²) in [7, 11) is 0. The van der Waals surface area contributed by atoms with E-state index in [2.05, 4.69) is 0 Å². The van der Waals surface area contributed by atoms with Crippen LogP contribution < -0.4 is 4.74 Å². The Labute approximate surface area is 159 Å². The van der Waals surface area contributed by atoms with Crippen molar-refractivity contribution in [3.05, 3.63) is 88.8 Å². The van der Waals surface area contributed by atoms with Crippen molar-refractivity contribution in [3.8, 4) is 5.75 Å². The third-order valence-electron chi connectivity index (χ3n) is 3.54. The number of carbonyl (C=O) groups excluding carboxylic acids is 3. The molecule has 3 aromatic rings. The molecule has 3 rings (SSSR count). The number of furan rings is 1. The lowest BCUT2D eigenvalue weighted by molar-refractivity contribution is 0.0474. The smallest absolute Gasteiger partial charge is 0.379 e. The second kappa shape index (κ2) is 8.33. The first-order chi connectivity index (χ1) is 13.0. The van der Waals surface area contributed by atoms with Crippen molar-refractivity contribution in [2.75, 3.05) is 6.61 Å². The van der Waals surface area contributed by atoms with Crippen LogP contribution in [0, 0.1) is 0 Å². The molecule has 0 bridgehead atoms. The van der Waals surface area contributed by atoms with Gasteiger partial charge in [-0.3, -0.25) is 4.79 Å². The Morgan fingerprint density at radius 3 is 2.30 bits per heavy atom. The summed E-state index contributed by atoms with van der Waals surface area (Å²) in [5, 5.41) is 0.248. The molecule has 0 radical (unpaired) electrons.